The summed E-state index contributed by atoms with van der Waals surface area (Å²) in [6, 6.07) is 18.1. The van der Waals surface area contributed by atoms with Crippen LogP contribution in [0.2, 0.25) is 0 Å². The zero-order valence-electron chi connectivity index (χ0n) is 16.2. The summed E-state index contributed by atoms with van der Waals surface area (Å²) in [6.07, 6.45) is 4.71. The van der Waals surface area contributed by atoms with Crippen molar-refractivity contribution in [1.29, 1.82) is 0 Å². The van der Waals surface area contributed by atoms with E-state index in [1.807, 2.05) is 18.2 Å². The lowest BCUT2D eigenvalue weighted by Crippen LogP contribution is -2.31. The molecule has 0 aliphatic rings. The SMILES string of the molecule is O=C(NCCCCc1ccc(F)cc1)C(Cc1ccccn1)c1ccc(F)cc1. The Kier molecular flexibility index (Phi) is 7.45. The molecule has 0 aliphatic carbocycles. The Morgan fingerprint density at radius 2 is 1.59 bits per heavy atom. The fraction of sp³-hybridized carbons (Fsp3) is 0.250. The summed E-state index contributed by atoms with van der Waals surface area (Å²) in [4.78, 5) is 17.1. The van der Waals surface area contributed by atoms with Crippen molar-refractivity contribution in [3.63, 3.8) is 0 Å². The standard InChI is InChI=1S/C24H24F2N2O/c25-20-11-7-18(8-12-20)5-1-3-16-28-24(29)23(17-22-6-2-4-15-27-22)19-9-13-21(26)14-10-19/h2,4,6-15,23H,1,3,5,16-17H2,(H,28,29). The first kappa shape index (κ1) is 20.6. The average molecular weight is 394 g/mol. The molecule has 29 heavy (non-hydrogen) atoms. The van der Waals surface area contributed by atoms with Gasteiger partial charge in [-0.15, -0.1) is 0 Å². The van der Waals surface area contributed by atoms with E-state index in [2.05, 4.69) is 10.3 Å². The van der Waals surface area contributed by atoms with E-state index in [4.69, 9.17) is 0 Å². The van der Waals surface area contributed by atoms with Crippen molar-refractivity contribution in [3.8, 4) is 0 Å². The monoisotopic (exact) mass is 394 g/mol. The van der Waals surface area contributed by atoms with Crippen molar-refractivity contribution in [3.05, 3.63) is 101 Å². The highest BCUT2D eigenvalue weighted by Gasteiger charge is 2.21. The molecular formula is C24H24F2N2O. The van der Waals surface area contributed by atoms with E-state index in [1.165, 1.54) is 24.3 Å². The Balaban J connectivity index is 1.54. The minimum absolute atomic E-state index is 0.0935. The Labute approximate surface area is 169 Å². The van der Waals surface area contributed by atoms with Crippen LogP contribution in [0.3, 0.4) is 0 Å². The normalized spacial score (nSPS) is 11.8. The fourth-order valence-corrected chi connectivity index (χ4v) is 3.23. The highest BCUT2D eigenvalue weighted by Crippen LogP contribution is 2.21. The molecule has 3 nitrogen and oxygen atoms in total. The van der Waals surface area contributed by atoms with E-state index in [0.29, 0.717) is 13.0 Å². The number of hydrogen-bond donors (Lipinski definition) is 1. The van der Waals surface area contributed by atoms with Gasteiger partial charge in [-0.1, -0.05) is 30.3 Å². The van der Waals surface area contributed by atoms with Gasteiger partial charge in [-0.25, -0.2) is 8.78 Å². The molecule has 1 unspecified atom stereocenters. The minimum atomic E-state index is -0.428. The van der Waals surface area contributed by atoms with Gasteiger partial charge in [0.2, 0.25) is 5.91 Å². The number of nitrogens with zero attached hydrogens (tertiary/aromatic N) is 1. The van der Waals surface area contributed by atoms with Crippen LogP contribution in [0.25, 0.3) is 0 Å². The second-order valence-electron chi connectivity index (χ2n) is 7.00. The van der Waals surface area contributed by atoms with Gasteiger partial charge in [0.25, 0.3) is 0 Å². The van der Waals surface area contributed by atoms with E-state index >= 15 is 0 Å². The van der Waals surface area contributed by atoms with Crippen LogP contribution in [-0.4, -0.2) is 17.4 Å². The van der Waals surface area contributed by atoms with Crippen LogP contribution >= 0.6 is 0 Å². The molecule has 0 saturated carbocycles. The smallest absolute Gasteiger partial charge is 0.227 e. The number of pyridine rings is 1. The summed E-state index contributed by atoms with van der Waals surface area (Å²) < 4.78 is 26.2. The van der Waals surface area contributed by atoms with Crippen LogP contribution in [0.1, 0.15) is 35.6 Å². The van der Waals surface area contributed by atoms with E-state index in [0.717, 1.165) is 36.1 Å². The van der Waals surface area contributed by atoms with Gasteiger partial charge in [0, 0.05) is 24.9 Å². The molecule has 0 bridgehead atoms. The second kappa shape index (κ2) is 10.5. The number of benzene rings is 2. The number of carbonyl (C=O) groups is 1. The van der Waals surface area contributed by atoms with Crippen LogP contribution in [-0.2, 0) is 17.6 Å². The van der Waals surface area contributed by atoms with Gasteiger partial charge < -0.3 is 5.32 Å². The van der Waals surface area contributed by atoms with E-state index in [9.17, 15) is 13.6 Å². The number of aryl methyl sites for hydroxylation is 1. The lowest BCUT2D eigenvalue weighted by molar-refractivity contribution is -0.122. The highest BCUT2D eigenvalue weighted by atomic mass is 19.1. The van der Waals surface area contributed by atoms with Crippen LogP contribution in [0, 0.1) is 11.6 Å². The Bertz CT molecular complexity index is 896. The summed E-state index contributed by atoms with van der Waals surface area (Å²) in [6.45, 7) is 0.555. The molecule has 5 heteroatoms. The number of nitrogens with one attached hydrogen (secondary N) is 1. The Morgan fingerprint density at radius 3 is 2.24 bits per heavy atom. The molecule has 0 fully saturated rings. The Hall–Kier alpha value is -3.08. The van der Waals surface area contributed by atoms with Crippen LogP contribution in [0.4, 0.5) is 8.78 Å². The number of hydrogen-bond acceptors (Lipinski definition) is 2. The molecule has 3 rings (SSSR count). The molecule has 1 heterocycles. The molecule has 2 aromatic carbocycles. The van der Waals surface area contributed by atoms with Gasteiger partial charge >= 0.3 is 0 Å². The summed E-state index contributed by atoms with van der Waals surface area (Å²) >= 11 is 0. The van der Waals surface area contributed by atoms with Crippen LogP contribution in [0.5, 0.6) is 0 Å². The fourth-order valence-electron chi connectivity index (χ4n) is 3.23. The zero-order valence-corrected chi connectivity index (χ0v) is 16.2. The first-order valence-corrected chi connectivity index (χ1v) is 9.79. The molecule has 1 aromatic heterocycles. The van der Waals surface area contributed by atoms with Crippen molar-refractivity contribution in [2.45, 2.75) is 31.6 Å². The van der Waals surface area contributed by atoms with Crippen molar-refractivity contribution in [2.24, 2.45) is 0 Å². The lowest BCUT2D eigenvalue weighted by Gasteiger charge is -2.17. The molecule has 3 aromatic rings. The molecule has 0 radical (unpaired) electrons. The molecular weight excluding hydrogens is 370 g/mol. The van der Waals surface area contributed by atoms with Crippen molar-refractivity contribution < 1.29 is 13.6 Å². The average Bonchev–Trinajstić information content (AvgIpc) is 2.74. The van der Waals surface area contributed by atoms with Gasteiger partial charge in [-0.05, 0) is 66.8 Å². The molecule has 1 atom stereocenters. The molecule has 1 N–H and O–H groups in total. The van der Waals surface area contributed by atoms with Crippen LogP contribution in [0.15, 0.2) is 72.9 Å². The van der Waals surface area contributed by atoms with Crippen molar-refractivity contribution >= 4 is 5.91 Å². The van der Waals surface area contributed by atoms with Gasteiger partial charge in [0.05, 0.1) is 5.92 Å². The number of aromatic nitrogens is 1. The van der Waals surface area contributed by atoms with Crippen molar-refractivity contribution in [1.82, 2.24) is 10.3 Å². The largest absolute Gasteiger partial charge is 0.356 e. The van der Waals surface area contributed by atoms with Gasteiger partial charge in [0.1, 0.15) is 11.6 Å². The molecule has 1 amide bonds. The zero-order chi connectivity index (χ0) is 20.5. The lowest BCUT2D eigenvalue weighted by atomic mass is 9.93. The summed E-state index contributed by atoms with van der Waals surface area (Å²) in [5.41, 5.74) is 2.66. The molecule has 0 spiro atoms. The molecule has 0 saturated heterocycles. The summed E-state index contributed by atoms with van der Waals surface area (Å²) in [5, 5.41) is 2.99. The van der Waals surface area contributed by atoms with Crippen molar-refractivity contribution in [2.75, 3.05) is 6.54 Å². The number of carbonyl (C=O) groups excluding carboxylic acids is 1. The third-order valence-corrected chi connectivity index (χ3v) is 4.83. The maximum Gasteiger partial charge on any atom is 0.227 e. The predicted octanol–water partition coefficient (Wildman–Crippen LogP) is 4.83. The maximum atomic E-state index is 13.3. The predicted molar refractivity (Wildman–Crippen MR) is 109 cm³/mol. The van der Waals surface area contributed by atoms with E-state index < -0.39 is 5.92 Å². The second-order valence-corrected chi connectivity index (χ2v) is 7.00. The van der Waals surface area contributed by atoms with Gasteiger partial charge in [0.15, 0.2) is 0 Å². The number of unbranched alkanes of at least 4 members (excludes halogenated alkanes) is 1. The number of rotatable bonds is 9. The van der Waals surface area contributed by atoms with Crippen LogP contribution < -0.4 is 5.32 Å². The third-order valence-electron chi connectivity index (χ3n) is 4.83. The first-order chi connectivity index (χ1) is 14.1. The summed E-state index contributed by atoms with van der Waals surface area (Å²) in [7, 11) is 0. The van der Waals surface area contributed by atoms with Gasteiger partial charge in [-0.2, -0.15) is 0 Å². The quantitative estimate of drug-likeness (QED) is 0.529. The van der Waals surface area contributed by atoms with E-state index in [-0.39, 0.29) is 17.5 Å². The molecule has 150 valence electrons. The third kappa shape index (κ3) is 6.49. The molecule has 0 aliphatic heterocycles. The topological polar surface area (TPSA) is 42.0 Å². The Morgan fingerprint density at radius 1 is 0.897 bits per heavy atom. The highest BCUT2D eigenvalue weighted by molar-refractivity contribution is 5.83. The number of amides is 1. The van der Waals surface area contributed by atoms with Gasteiger partial charge in [-0.3, -0.25) is 9.78 Å². The number of halogens is 2. The summed E-state index contributed by atoms with van der Waals surface area (Å²) in [5.74, 6) is -1.08. The first-order valence-electron chi connectivity index (χ1n) is 9.79. The minimum Gasteiger partial charge on any atom is -0.356 e. The van der Waals surface area contributed by atoms with E-state index in [1.54, 1.807) is 30.5 Å². The maximum absolute atomic E-state index is 13.3.